The Bertz CT molecular complexity index is 1020. The van der Waals surface area contributed by atoms with Gasteiger partial charge in [0.2, 0.25) is 5.95 Å². The van der Waals surface area contributed by atoms with Gasteiger partial charge in [0, 0.05) is 26.7 Å². The standard InChI is InChI=1S/C20H24F3N5O3/c1-19(20(21,22)23)12-27-16(29)10-15(24)25-18(27)28(19)9-8-13-4-6-14(7-5-13)31-11-17(30)26(2)3/h4-7,10H,8-9,11-12,24H2,1-3H3. The van der Waals surface area contributed by atoms with Crippen molar-refractivity contribution in [3.05, 3.63) is 46.2 Å². The van der Waals surface area contributed by atoms with Crippen LogP contribution >= 0.6 is 0 Å². The van der Waals surface area contributed by atoms with Crippen molar-refractivity contribution in [2.75, 3.05) is 37.9 Å². The Labute approximate surface area is 177 Å². The number of nitrogens with two attached hydrogens (primary N) is 1. The molecule has 1 aliphatic heterocycles. The first kappa shape index (κ1) is 22.4. The zero-order valence-electron chi connectivity index (χ0n) is 17.4. The average molecular weight is 439 g/mol. The maximum atomic E-state index is 13.9. The lowest BCUT2D eigenvalue weighted by molar-refractivity contribution is -0.182. The van der Waals surface area contributed by atoms with Crippen molar-refractivity contribution < 1.29 is 22.7 Å². The van der Waals surface area contributed by atoms with Crippen molar-refractivity contribution in [3.8, 4) is 5.75 Å². The lowest BCUT2D eigenvalue weighted by atomic mass is 10.00. The molecule has 0 saturated heterocycles. The SMILES string of the molecule is CN(C)C(=O)COc1ccc(CCN2c3nc(N)cc(=O)n3CC2(C)C(F)(F)F)cc1. The summed E-state index contributed by atoms with van der Waals surface area (Å²) < 4.78 is 48.1. The fourth-order valence-electron chi connectivity index (χ4n) is 3.34. The quantitative estimate of drug-likeness (QED) is 0.736. The van der Waals surface area contributed by atoms with Gasteiger partial charge in [-0.25, -0.2) is 0 Å². The van der Waals surface area contributed by atoms with Crippen LogP contribution in [0.25, 0.3) is 0 Å². The summed E-state index contributed by atoms with van der Waals surface area (Å²) in [6, 6.07) is 7.76. The number of alkyl halides is 3. The number of carbonyl (C=O) groups excluding carboxylic acids is 1. The molecule has 1 aromatic heterocycles. The fourth-order valence-corrected chi connectivity index (χ4v) is 3.34. The van der Waals surface area contributed by atoms with E-state index in [2.05, 4.69) is 4.98 Å². The van der Waals surface area contributed by atoms with Gasteiger partial charge >= 0.3 is 6.18 Å². The number of ether oxygens (including phenoxy) is 1. The van der Waals surface area contributed by atoms with Crippen LogP contribution in [-0.4, -0.2) is 59.3 Å². The summed E-state index contributed by atoms with van der Waals surface area (Å²) in [5.74, 6) is 0.0743. The molecule has 31 heavy (non-hydrogen) atoms. The van der Waals surface area contributed by atoms with Gasteiger partial charge in [-0.3, -0.25) is 14.2 Å². The van der Waals surface area contributed by atoms with Crippen molar-refractivity contribution >= 4 is 17.7 Å². The Morgan fingerprint density at radius 1 is 1.29 bits per heavy atom. The number of nitrogen functional groups attached to an aromatic ring is 1. The second-order valence-corrected chi connectivity index (χ2v) is 7.80. The smallest absolute Gasteiger partial charge is 0.413 e. The minimum Gasteiger partial charge on any atom is -0.484 e. The molecule has 168 valence electrons. The number of hydrogen-bond donors (Lipinski definition) is 1. The molecular formula is C20H24F3N5O3. The number of fused-ring (bicyclic) bond motifs is 1. The first-order chi connectivity index (χ1) is 14.4. The number of likely N-dealkylation sites (N-methyl/N-ethyl adjacent to an activating group) is 1. The summed E-state index contributed by atoms with van der Waals surface area (Å²) in [6.45, 7) is 0.370. The molecule has 1 atom stereocenters. The highest BCUT2D eigenvalue weighted by Crippen LogP contribution is 2.43. The molecule has 0 spiro atoms. The molecule has 11 heteroatoms. The molecule has 1 unspecified atom stereocenters. The first-order valence-corrected chi connectivity index (χ1v) is 9.56. The van der Waals surface area contributed by atoms with Crippen molar-refractivity contribution in [1.82, 2.24) is 14.5 Å². The van der Waals surface area contributed by atoms with Crippen molar-refractivity contribution in [1.29, 1.82) is 0 Å². The summed E-state index contributed by atoms with van der Waals surface area (Å²) in [5, 5.41) is 0. The molecule has 0 radical (unpaired) electrons. The van der Waals surface area contributed by atoms with Gasteiger partial charge in [0.1, 0.15) is 11.6 Å². The average Bonchev–Trinajstić information content (AvgIpc) is 2.98. The zero-order chi connectivity index (χ0) is 23.0. The van der Waals surface area contributed by atoms with E-state index < -0.39 is 23.8 Å². The number of aromatic nitrogens is 2. The molecular weight excluding hydrogens is 415 g/mol. The van der Waals surface area contributed by atoms with Crippen LogP contribution < -0.4 is 20.9 Å². The molecule has 2 heterocycles. The van der Waals surface area contributed by atoms with Crippen molar-refractivity contribution in [2.45, 2.75) is 31.6 Å². The summed E-state index contributed by atoms with van der Waals surface area (Å²) in [4.78, 5) is 30.2. The molecule has 1 aromatic carbocycles. The van der Waals surface area contributed by atoms with E-state index in [4.69, 9.17) is 10.5 Å². The molecule has 3 rings (SSSR count). The Morgan fingerprint density at radius 2 is 1.94 bits per heavy atom. The highest BCUT2D eigenvalue weighted by molar-refractivity contribution is 5.77. The predicted molar refractivity (Wildman–Crippen MR) is 109 cm³/mol. The molecule has 0 saturated carbocycles. The predicted octanol–water partition coefficient (Wildman–Crippen LogP) is 1.68. The monoisotopic (exact) mass is 439 g/mol. The zero-order valence-corrected chi connectivity index (χ0v) is 17.4. The third kappa shape index (κ3) is 4.44. The summed E-state index contributed by atoms with van der Waals surface area (Å²) in [7, 11) is 3.24. The van der Waals surface area contributed by atoms with E-state index in [1.807, 2.05) is 0 Å². The van der Waals surface area contributed by atoms with E-state index in [-0.39, 0.29) is 37.2 Å². The molecule has 0 fully saturated rings. The topological polar surface area (TPSA) is 93.7 Å². The molecule has 8 nitrogen and oxygen atoms in total. The highest BCUT2D eigenvalue weighted by atomic mass is 19.4. The largest absolute Gasteiger partial charge is 0.484 e. The lowest BCUT2D eigenvalue weighted by Crippen LogP contribution is -2.56. The van der Waals surface area contributed by atoms with Gasteiger partial charge in [-0.15, -0.1) is 0 Å². The number of amides is 1. The number of benzene rings is 1. The van der Waals surface area contributed by atoms with Crippen LogP contribution in [0.15, 0.2) is 35.1 Å². The van der Waals surface area contributed by atoms with Gasteiger partial charge in [-0.1, -0.05) is 12.1 Å². The number of hydrogen-bond acceptors (Lipinski definition) is 6. The van der Waals surface area contributed by atoms with E-state index in [1.165, 1.54) is 4.90 Å². The third-order valence-corrected chi connectivity index (χ3v) is 5.33. The van der Waals surface area contributed by atoms with E-state index in [0.717, 1.165) is 28.0 Å². The van der Waals surface area contributed by atoms with Gasteiger partial charge in [-0.2, -0.15) is 18.2 Å². The van der Waals surface area contributed by atoms with Crippen LogP contribution in [0.5, 0.6) is 5.75 Å². The van der Waals surface area contributed by atoms with Crippen LogP contribution in [-0.2, 0) is 17.8 Å². The van der Waals surface area contributed by atoms with E-state index in [9.17, 15) is 22.8 Å². The molecule has 2 aromatic rings. The van der Waals surface area contributed by atoms with Gasteiger partial charge in [0.15, 0.2) is 12.1 Å². The van der Waals surface area contributed by atoms with E-state index >= 15 is 0 Å². The second-order valence-electron chi connectivity index (χ2n) is 7.80. The Morgan fingerprint density at radius 3 is 2.52 bits per heavy atom. The van der Waals surface area contributed by atoms with Gasteiger partial charge in [0.25, 0.3) is 11.5 Å². The maximum Gasteiger partial charge on any atom is 0.413 e. The Hall–Kier alpha value is -3.24. The normalized spacial score (nSPS) is 18.1. The number of nitrogens with zero attached hydrogens (tertiary/aromatic N) is 4. The van der Waals surface area contributed by atoms with Crippen molar-refractivity contribution in [2.24, 2.45) is 0 Å². The van der Waals surface area contributed by atoms with Crippen molar-refractivity contribution in [3.63, 3.8) is 0 Å². The Kier molecular flexibility index (Phi) is 5.88. The van der Waals surface area contributed by atoms with Crippen LogP contribution in [0.1, 0.15) is 12.5 Å². The minimum absolute atomic E-state index is 0.0226. The summed E-state index contributed by atoms with van der Waals surface area (Å²) in [6.07, 6.45) is -4.31. The Balaban J connectivity index is 1.77. The number of carbonyl (C=O) groups is 1. The number of anilines is 2. The van der Waals surface area contributed by atoms with Gasteiger partial charge < -0.3 is 20.3 Å². The van der Waals surface area contributed by atoms with Gasteiger partial charge in [0.05, 0.1) is 6.54 Å². The van der Waals surface area contributed by atoms with Crippen LogP contribution in [0.2, 0.25) is 0 Å². The minimum atomic E-state index is -4.58. The third-order valence-electron chi connectivity index (χ3n) is 5.33. The number of halogens is 3. The summed E-state index contributed by atoms with van der Waals surface area (Å²) in [5.41, 5.74) is 3.48. The molecule has 1 aliphatic rings. The second kappa shape index (κ2) is 8.12. The first-order valence-electron chi connectivity index (χ1n) is 9.56. The lowest BCUT2D eigenvalue weighted by Gasteiger charge is -2.36. The molecule has 2 N–H and O–H groups in total. The molecule has 1 amide bonds. The van der Waals surface area contributed by atoms with Gasteiger partial charge in [-0.05, 0) is 31.0 Å². The van der Waals surface area contributed by atoms with Crippen LogP contribution in [0.3, 0.4) is 0 Å². The maximum absolute atomic E-state index is 13.9. The van der Waals surface area contributed by atoms with E-state index in [1.54, 1.807) is 38.4 Å². The van der Waals surface area contributed by atoms with E-state index in [0.29, 0.717) is 5.75 Å². The molecule has 0 bridgehead atoms. The molecule has 0 aliphatic carbocycles. The highest BCUT2D eigenvalue weighted by Gasteiger charge is 2.59. The van der Waals surface area contributed by atoms with Crippen LogP contribution in [0, 0.1) is 0 Å². The van der Waals surface area contributed by atoms with Crippen LogP contribution in [0.4, 0.5) is 24.9 Å². The summed E-state index contributed by atoms with van der Waals surface area (Å²) >= 11 is 0. The number of rotatable bonds is 6. The fraction of sp³-hybridized carbons (Fsp3) is 0.450.